The zero-order valence-corrected chi connectivity index (χ0v) is 7.43. The van der Waals surface area contributed by atoms with Crippen molar-refractivity contribution in [2.45, 2.75) is 18.9 Å². The van der Waals surface area contributed by atoms with Crippen LogP contribution in [0.5, 0.6) is 0 Å². The minimum atomic E-state index is -1.06. The lowest BCUT2D eigenvalue weighted by Gasteiger charge is -2.02. The summed E-state index contributed by atoms with van der Waals surface area (Å²) >= 11 is 0. The summed E-state index contributed by atoms with van der Waals surface area (Å²) in [6, 6.07) is -0.945. The number of aromatic nitrogens is 2. The number of nitrogens with one attached hydrogen (secondary N) is 1. The Balaban J connectivity index is 2.59. The van der Waals surface area contributed by atoms with Gasteiger partial charge in [-0.2, -0.15) is 0 Å². The van der Waals surface area contributed by atoms with Crippen LogP contribution in [0.2, 0.25) is 0 Å². The van der Waals surface area contributed by atoms with Crippen molar-refractivity contribution in [2.24, 2.45) is 5.73 Å². The number of aromatic amines is 1. The van der Waals surface area contributed by atoms with Crippen molar-refractivity contribution < 1.29 is 14.7 Å². The van der Waals surface area contributed by atoms with E-state index < -0.39 is 12.0 Å². The topological polar surface area (TPSA) is 109 Å². The van der Waals surface area contributed by atoms with Crippen LogP contribution in [0.1, 0.15) is 11.5 Å². The molecule has 6 heteroatoms. The Morgan fingerprint density at radius 2 is 2.50 bits per heavy atom. The first-order valence-corrected chi connectivity index (χ1v) is 4.08. The maximum atomic E-state index is 10.4. The fraction of sp³-hybridized carbons (Fsp3) is 0.375. The number of aliphatic carboxylic acids is 1. The van der Waals surface area contributed by atoms with Crippen molar-refractivity contribution in [3.8, 4) is 0 Å². The first-order valence-electron chi connectivity index (χ1n) is 4.08. The molecular formula is C8H11N3O3. The number of rotatable bonds is 5. The van der Waals surface area contributed by atoms with Gasteiger partial charge in [0.1, 0.15) is 18.2 Å². The number of imidazole rings is 1. The van der Waals surface area contributed by atoms with Gasteiger partial charge in [0.15, 0.2) is 0 Å². The van der Waals surface area contributed by atoms with Gasteiger partial charge in [-0.3, -0.25) is 4.79 Å². The molecule has 0 radical (unpaired) electrons. The molecule has 0 saturated carbocycles. The van der Waals surface area contributed by atoms with Gasteiger partial charge < -0.3 is 20.6 Å². The highest BCUT2D eigenvalue weighted by molar-refractivity contribution is 5.73. The summed E-state index contributed by atoms with van der Waals surface area (Å²) < 4.78 is 0. The smallest absolute Gasteiger partial charge is 0.320 e. The molecule has 0 amide bonds. The van der Waals surface area contributed by atoms with Crippen molar-refractivity contribution in [3.63, 3.8) is 0 Å². The van der Waals surface area contributed by atoms with Gasteiger partial charge >= 0.3 is 5.97 Å². The molecule has 1 aromatic heterocycles. The molecule has 6 nitrogen and oxygen atoms in total. The number of carboxylic acid groups (broad SMARTS) is 1. The Kier molecular flexibility index (Phi) is 3.35. The van der Waals surface area contributed by atoms with Gasteiger partial charge in [-0.05, 0) is 0 Å². The van der Waals surface area contributed by atoms with E-state index in [2.05, 4.69) is 9.97 Å². The third kappa shape index (κ3) is 2.67. The minimum absolute atomic E-state index is 0.182. The molecule has 1 rings (SSSR count). The largest absolute Gasteiger partial charge is 0.480 e. The molecule has 0 spiro atoms. The van der Waals surface area contributed by atoms with E-state index in [0.29, 0.717) is 11.5 Å². The molecule has 14 heavy (non-hydrogen) atoms. The Bertz CT molecular complexity index is 334. The van der Waals surface area contributed by atoms with Crippen LogP contribution in [0, 0.1) is 0 Å². The van der Waals surface area contributed by atoms with Crippen molar-refractivity contribution >= 4 is 12.3 Å². The lowest BCUT2D eigenvalue weighted by atomic mass is 10.2. The first-order chi connectivity index (χ1) is 6.63. The van der Waals surface area contributed by atoms with Crippen LogP contribution in [-0.2, 0) is 22.4 Å². The predicted octanol–water partition coefficient (Wildman–Crippen LogP) is -0.895. The second kappa shape index (κ2) is 4.52. The maximum absolute atomic E-state index is 10.4. The molecule has 0 aliphatic carbocycles. The van der Waals surface area contributed by atoms with Gasteiger partial charge in [-0.15, -0.1) is 0 Å². The summed E-state index contributed by atoms with van der Waals surface area (Å²) in [6.07, 6.45) is 2.59. The average Bonchev–Trinajstić information content (AvgIpc) is 2.53. The van der Waals surface area contributed by atoms with E-state index in [1.54, 1.807) is 0 Å². The third-order valence-corrected chi connectivity index (χ3v) is 1.71. The molecule has 1 aromatic rings. The number of carboxylic acids is 1. The fourth-order valence-corrected chi connectivity index (χ4v) is 1.02. The van der Waals surface area contributed by atoms with E-state index in [-0.39, 0.29) is 12.8 Å². The van der Waals surface area contributed by atoms with E-state index in [1.807, 2.05) is 0 Å². The Morgan fingerprint density at radius 3 is 3.07 bits per heavy atom. The summed E-state index contributed by atoms with van der Waals surface area (Å²) in [5.41, 5.74) is 5.94. The molecule has 0 aromatic carbocycles. The van der Waals surface area contributed by atoms with Gasteiger partial charge in [0.2, 0.25) is 0 Å². The molecule has 1 atom stereocenters. The number of H-pyrrole nitrogens is 1. The SMILES string of the molecule is NC(Cc1cnc(CC=O)[nH]1)C(=O)O. The number of aldehydes is 1. The molecule has 0 aliphatic heterocycles. The second-order valence-corrected chi connectivity index (χ2v) is 2.87. The number of nitrogens with two attached hydrogens (primary N) is 1. The highest BCUT2D eigenvalue weighted by Crippen LogP contribution is 2.00. The van der Waals surface area contributed by atoms with Gasteiger partial charge in [0, 0.05) is 18.3 Å². The van der Waals surface area contributed by atoms with Crippen LogP contribution < -0.4 is 5.73 Å². The lowest BCUT2D eigenvalue weighted by molar-refractivity contribution is -0.138. The number of carbonyl (C=O) groups excluding carboxylic acids is 1. The zero-order valence-electron chi connectivity index (χ0n) is 7.43. The highest BCUT2D eigenvalue weighted by atomic mass is 16.4. The summed E-state index contributed by atoms with van der Waals surface area (Å²) in [6.45, 7) is 0. The number of nitrogens with zero attached hydrogens (tertiary/aromatic N) is 1. The van der Waals surface area contributed by atoms with E-state index >= 15 is 0 Å². The van der Waals surface area contributed by atoms with Gasteiger partial charge in [-0.1, -0.05) is 0 Å². The van der Waals surface area contributed by atoms with Crippen molar-refractivity contribution in [1.29, 1.82) is 0 Å². The Hall–Kier alpha value is -1.69. The van der Waals surface area contributed by atoms with Crippen LogP contribution >= 0.6 is 0 Å². The maximum Gasteiger partial charge on any atom is 0.320 e. The standard InChI is InChI=1S/C8H11N3O3/c9-6(8(13)14)3-5-4-10-7(11-5)1-2-12/h2,4,6H,1,3,9H2,(H,10,11)(H,13,14). The Morgan fingerprint density at radius 1 is 1.79 bits per heavy atom. The third-order valence-electron chi connectivity index (χ3n) is 1.71. The number of hydrogen-bond acceptors (Lipinski definition) is 4. The van der Waals surface area contributed by atoms with Gasteiger partial charge in [0.25, 0.3) is 0 Å². The molecule has 4 N–H and O–H groups in total. The second-order valence-electron chi connectivity index (χ2n) is 2.87. The van der Waals surface area contributed by atoms with Crippen LogP contribution in [0.4, 0.5) is 0 Å². The molecule has 0 bridgehead atoms. The normalized spacial score (nSPS) is 12.4. The van der Waals surface area contributed by atoms with Crippen molar-refractivity contribution in [3.05, 3.63) is 17.7 Å². The van der Waals surface area contributed by atoms with Crippen LogP contribution in [-0.4, -0.2) is 33.4 Å². The number of carbonyl (C=O) groups is 2. The Labute approximate surface area is 80.1 Å². The van der Waals surface area contributed by atoms with Crippen molar-refractivity contribution in [1.82, 2.24) is 9.97 Å². The van der Waals surface area contributed by atoms with Gasteiger partial charge in [0.05, 0.1) is 6.42 Å². The molecule has 76 valence electrons. The lowest BCUT2D eigenvalue weighted by Crippen LogP contribution is -2.32. The van der Waals surface area contributed by atoms with E-state index in [1.165, 1.54) is 6.20 Å². The fourth-order valence-electron chi connectivity index (χ4n) is 1.02. The summed E-state index contributed by atoms with van der Waals surface area (Å²) in [7, 11) is 0. The van der Waals surface area contributed by atoms with Crippen LogP contribution in [0.3, 0.4) is 0 Å². The van der Waals surface area contributed by atoms with Crippen molar-refractivity contribution in [2.75, 3.05) is 0 Å². The van der Waals surface area contributed by atoms with Gasteiger partial charge in [-0.25, -0.2) is 4.98 Å². The molecular weight excluding hydrogens is 186 g/mol. The molecule has 0 aliphatic rings. The van der Waals surface area contributed by atoms with Crippen LogP contribution in [0.25, 0.3) is 0 Å². The quantitative estimate of drug-likeness (QED) is 0.530. The zero-order chi connectivity index (χ0) is 10.6. The molecule has 0 saturated heterocycles. The highest BCUT2D eigenvalue weighted by Gasteiger charge is 2.13. The van der Waals surface area contributed by atoms with E-state index in [0.717, 1.165) is 6.29 Å². The first kappa shape index (κ1) is 10.4. The monoisotopic (exact) mass is 197 g/mol. The number of hydrogen-bond donors (Lipinski definition) is 3. The summed E-state index contributed by atoms with van der Waals surface area (Å²) in [5, 5.41) is 8.54. The average molecular weight is 197 g/mol. The van der Waals surface area contributed by atoms with E-state index in [4.69, 9.17) is 10.8 Å². The molecule has 0 fully saturated rings. The summed E-state index contributed by atoms with van der Waals surface area (Å²) in [5.74, 6) is -0.538. The van der Waals surface area contributed by atoms with E-state index in [9.17, 15) is 9.59 Å². The molecule has 1 unspecified atom stereocenters. The van der Waals surface area contributed by atoms with Crippen LogP contribution in [0.15, 0.2) is 6.20 Å². The minimum Gasteiger partial charge on any atom is -0.480 e. The predicted molar refractivity (Wildman–Crippen MR) is 47.7 cm³/mol. The summed E-state index contributed by atoms with van der Waals surface area (Å²) in [4.78, 5) is 27.3. The molecule has 1 heterocycles.